The molecule has 0 aromatic carbocycles. The average Bonchev–Trinajstić information content (AvgIpc) is 2.32. The van der Waals surface area contributed by atoms with Crippen LogP contribution >= 0.6 is 11.8 Å². The Kier molecular flexibility index (Phi) is 6.56. The van der Waals surface area contributed by atoms with Crippen molar-refractivity contribution in [3.8, 4) is 0 Å². The number of carbonyl (C=O) groups excluding carboxylic acids is 1. The lowest BCUT2D eigenvalue weighted by Crippen LogP contribution is -2.58. The molecule has 2 unspecified atom stereocenters. The van der Waals surface area contributed by atoms with E-state index in [1.807, 2.05) is 0 Å². The van der Waals surface area contributed by atoms with Crippen LogP contribution in [0.1, 0.15) is 48.5 Å². The van der Waals surface area contributed by atoms with Crippen molar-refractivity contribution in [2.75, 3.05) is 25.4 Å². The molecule has 0 saturated carbocycles. The molecule has 21 heavy (non-hydrogen) atoms. The van der Waals surface area contributed by atoms with Gasteiger partial charge in [0, 0.05) is 29.9 Å². The quantitative estimate of drug-likeness (QED) is 0.846. The highest BCUT2D eigenvalue weighted by Gasteiger charge is 2.33. The standard InChI is InChI=1S/C16H32N2O2S/c1-12-8-18(9-13(2)20-12)16(6,7)11-17-14(19)10-21-15(3,4)5/h12-13H,8-11H2,1-7H3,(H,17,19). The fourth-order valence-electron chi connectivity index (χ4n) is 2.43. The summed E-state index contributed by atoms with van der Waals surface area (Å²) in [6.45, 7) is 17.5. The molecule has 124 valence electrons. The molecule has 0 bridgehead atoms. The van der Waals surface area contributed by atoms with E-state index in [0.717, 1.165) is 13.1 Å². The highest BCUT2D eigenvalue weighted by atomic mass is 32.2. The number of hydrogen-bond acceptors (Lipinski definition) is 4. The molecule has 1 heterocycles. The molecule has 0 aliphatic carbocycles. The van der Waals surface area contributed by atoms with E-state index in [-0.39, 0.29) is 28.4 Å². The van der Waals surface area contributed by atoms with Gasteiger partial charge in [-0.15, -0.1) is 11.8 Å². The Bertz CT molecular complexity index is 343. The Morgan fingerprint density at radius 3 is 2.19 bits per heavy atom. The van der Waals surface area contributed by atoms with E-state index in [1.54, 1.807) is 11.8 Å². The van der Waals surface area contributed by atoms with Gasteiger partial charge in [-0.2, -0.15) is 0 Å². The Hall–Kier alpha value is -0.260. The molecule has 0 radical (unpaired) electrons. The van der Waals surface area contributed by atoms with E-state index in [1.165, 1.54) is 0 Å². The predicted molar refractivity (Wildman–Crippen MR) is 90.9 cm³/mol. The van der Waals surface area contributed by atoms with Crippen LogP contribution in [-0.2, 0) is 9.53 Å². The average molecular weight is 317 g/mol. The van der Waals surface area contributed by atoms with Crippen LogP contribution in [0.25, 0.3) is 0 Å². The van der Waals surface area contributed by atoms with Crippen LogP contribution in [-0.4, -0.2) is 58.7 Å². The van der Waals surface area contributed by atoms with Gasteiger partial charge in [-0.3, -0.25) is 9.69 Å². The third-order valence-corrected chi connectivity index (χ3v) is 4.90. The fraction of sp³-hybridized carbons (Fsp3) is 0.938. The lowest BCUT2D eigenvalue weighted by molar-refractivity contribution is -0.120. The molecule has 1 aliphatic heterocycles. The maximum atomic E-state index is 12.0. The zero-order valence-electron chi connectivity index (χ0n) is 14.7. The molecule has 1 fully saturated rings. The van der Waals surface area contributed by atoms with Crippen molar-refractivity contribution >= 4 is 17.7 Å². The first kappa shape index (κ1) is 18.8. The lowest BCUT2D eigenvalue weighted by Gasteiger charge is -2.45. The van der Waals surface area contributed by atoms with Crippen molar-refractivity contribution in [1.82, 2.24) is 10.2 Å². The molecule has 0 spiro atoms. The van der Waals surface area contributed by atoms with Crippen LogP contribution in [0.4, 0.5) is 0 Å². The van der Waals surface area contributed by atoms with Crippen LogP contribution in [0.3, 0.4) is 0 Å². The summed E-state index contributed by atoms with van der Waals surface area (Å²) in [6.07, 6.45) is 0.500. The van der Waals surface area contributed by atoms with E-state index >= 15 is 0 Å². The summed E-state index contributed by atoms with van der Waals surface area (Å²) in [5.74, 6) is 0.646. The summed E-state index contributed by atoms with van der Waals surface area (Å²) in [4.78, 5) is 14.4. The molecule has 1 amide bonds. The van der Waals surface area contributed by atoms with Crippen LogP contribution in [0, 0.1) is 0 Å². The minimum Gasteiger partial charge on any atom is -0.373 e. The highest BCUT2D eigenvalue weighted by molar-refractivity contribution is 8.01. The highest BCUT2D eigenvalue weighted by Crippen LogP contribution is 2.23. The summed E-state index contributed by atoms with van der Waals surface area (Å²) >= 11 is 1.68. The summed E-state index contributed by atoms with van der Waals surface area (Å²) in [7, 11) is 0. The van der Waals surface area contributed by atoms with Crippen molar-refractivity contribution in [1.29, 1.82) is 0 Å². The number of hydrogen-bond donors (Lipinski definition) is 1. The number of rotatable bonds is 5. The molecular weight excluding hydrogens is 284 g/mol. The van der Waals surface area contributed by atoms with Gasteiger partial charge in [-0.05, 0) is 27.7 Å². The summed E-state index contributed by atoms with van der Waals surface area (Å²) in [5, 5.41) is 3.08. The van der Waals surface area contributed by atoms with Crippen molar-refractivity contribution in [3.05, 3.63) is 0 Å². The second-order valence-electron chi connectivity index (χ2n) is 7.65. The SMILES string of the molecule is CC1CN(C(C)(C)CNC(=O)CSC(C)(C)C)CC(C)O1. The largest absolute Gasteiger partial charge is 0.373 e. The molecule has 0 aromatic rings. The van der Waals surface area contributed by atoms with Gasteiger partial charge < -0.3 is 10.1 Å². The first-order valence-electron chi connectivity index (χ1n) is 7.81. The number of carbonyl (C=O) groups is 1. The molecular formula is C16H32N2O2S. The topological polar surface area (TPSA) is 41.6 Å². The van der Waals surface area contributed by atoms with E-state index < -0.39 is 0 Å². The zero-order chi connectivity index (χ0) is 16.3. The minimum atomic E-state index is -0.0473. The van der Waals surface area contributed by atoms with Crippen LogP contribution in [0.5, 0.6) is 0 Å². The molecule has 1 rings (SSSR count). The maximum Gasteiger partial charge on any atom is 0.230 e. The Morgan fingerprint density at radius 1 is 1.19 bits per heavy atom. The van der Waals surface area contributed by atoms with Crippen molar-refractivity contribution in [2.24, 2.45) is 0 Å². The maximum absolute atomic E-state index is 12.0. The monoisotopic (exact) mass is 316 g/mol. The van der Waals surface area contributed by atoms with Gasteiger partial charge in [0.1, 0.15) is 0 Å². The third kappa shape index (κ3) is 7.02. The van der Waals surface area contributed by atoms with E-state index in [0.29, 0.717) is 12.3 Å². The van der Waals surface area contributed by atoms with E-state index in [2.05, 4.69) is 58.7 Å². The number of nitrogens with one attached hydrogen (secondary N) is 1. The van der Waals surface area contributed by atoms with Gasteiger partial charge in [-0.1, -0.05) is 20.8 Å². The van der Waals surface area contributed by atoms with Gasteiger partial charge in [0.15, 0.2) is 0 Å². The molecule has 1 saturated heterocycles. The van der Waals surface area contributed by atoms with Gasteiger partial charge in [0.05, 0.1) is 18.0 Å². The summed E-state index contributed by atoms with van der Waals surface area (Å²) < 4.78 is 5.91. The second-order valence-corrected chi connectivity index (χ2v) is 9.45. The molecule has 1 N–H and O–H groups in total. The summed E-state index contributed by atoms with van der Waals surface area (Å²) in [6, 6.07) is 0. The van der Waals surface area contributed by atoms with E-state index in [9.17, 15) is 4.79 Å². The first-order valence-corrected chi connectivity index (χ1v) is 8.79. The molecule has 4 nitrogen and oxygen atoms in total. The van der Waals surface area contributed by atoms with Gasteiger partial charge in [0.25, 0.3) is 0 Å². The van der Waals surface area contributed by atoms with Crippen LogP contribution in [0.15, 0.2) is 0 Å². The minimum absolute atomic E-state index is 0.0473. The Morgan fingerprint density at radius 2 is 1.71 bits per heavy atom. The molecule has 1 aliphatic rings. The summed E-state index contributed by atoms with van der Waals surface area (Å²) in [5.41, 5.74) is -0.0473. The smallest absolute Gasteiger partial charge is 0.230 e. The Balaban J connectivity index is 2.43. The lowest BCUT2D eigenvalue weighted by atomic mass is 10.00. The molecule has 0 aromatic heterocycles. The number of thioether (sulfide) groups is 1. The number of nitrogens with zero attached hydrogens (tertiary/aromatic N) is 1. The predicted octanol–water partition coefficient (Wildman–Crippen LogP) is 2.52. The zero-order valence-corrected chi connectivity index (χ0v) is 15.5. The van der Waals surface area contributed by atoms with Gasteiger partial charge in [-0.25, -0.2) is 0 Å². The number of morpholine rings is 1. The number of amides is 1. The normalized spacial score (nSPS) is 24.9. The molecule has 2 atom stereocenters. The number of ether oxygens (including phenoxy) is 1. The van der Waals surface area contributed by atoms with E-state index in [4.69, 9.17) is 4.74 Å². The fourth-order valence-corrected chi connectivity index (χ4v) is 3.10. The van der Waals surface area contributed by atoms with Crippen LogP contribution < -0.4 is 5.32 Å². The first-order chi connectivity index (χ1) is 9.49. The van der Waals surface area contributed by atoms with Crippen molar-refractivity contribution in [2.45, 2.75) is 71.0 Å². The Labute approximate surface area is 134 Å². The van der Waals surface area contributed by atoms with Crippen molar-refractivity contribution < 1.29 is 9.53 Å². The molecule has 5 heteroatoms. The van der Waals surface area contributed by atoms with Crippen molar-refractivity contribution in [3.63, 3.8) is 0 Å². The van der Waals surface area contributed by atoms with Gasteiger partial charge >= 0.3 is 0 Å². The van der Waals surface area contributed by atoms with Gasteiger partial charge in [0.2, 0.25) is 5.91 Å². The van der Waals surface area contributed by atoms with Crippen LogP contribution in [0.2, 0.25) is 0 Å². The second kappa shape index (κ2) is 7.34. The third-order valence-electron chi connectivity index (χ3n) is 3.63.